The van der Waals surface area contributed by atoms with E-state index < -0.39 is 0 Å². The van der Waals surface area contributed by atoms with Gasteiger partial charge < -0.3 is 4.90 Å². The van der Waals surface area contributed by atoms with Crippen molar-refractivity contribution in [3.8, 4) is 11.1 Å². The minimum absolute atomic E-state index is 0.274. The van der Waals surface area contributed by atoms with Crippen molar-refractivity contribution in [3.63, 3.8) is 0 Å². The van der Waals surface area contributed by atoms with E-state index in [4.69, 9.17) is 0 Å². The number of thioether (sulfide) groups is 1. The molecule has 12 rings (SSSR count). The molecule has 1 nitrogen and oxygen atoms in total. The van der Waals surface area contributed by atoms with Gasteiger partial charge in [-0.25, -0.2) is 0 Å². The molecule has 304 valence electrons. The SMILES string of the molecule is CC1C=C(C2C=CC=CC2)C=CC1N(c1ccc(-c2ccc(C3(C4=CCCC=C4)c4ccccc4C4=CCCc5cccc3c54)cc2)cc1)C1C=C2Sc3ccccc3C2CC1. The highest BCUT2D eigenvalue weighted by molar-refractivity contribution is 8.03. The van der Waals surface area contributed by atoms with Crippen molar-refractivity contribution >= 4 is 23.0 Å². The fraction of sp³-hybridized carbons (Fsp3) is 0.233. The summed E-state index contributed by atoms with van der Waals surface area (Å²) in [7, 11) is 0. The van der Waals surface area contributed by atoms with E-state index in [9.17, 15) is 0 Å². The normalized spacial score (nSPS) is 26.3. The summed E-state index contributed by atoms with van der Waals surface area (Å²) in [6, 6.07) is 45.2. The van der Waals surface area contributed by atoms with Crippen LogP contribution in [0.3, 0.4) is 0 Å². The maximum Gasteiger partial charge on any atom is 0.0710 e. The number of fused-ring (bicyclic) bond motifs is 5. The van der Waals surface area contributed by atoms with Crippen LogP contribution in [-0.4, -0.2) is 12.1 Å². The van der Waals surface area contributed by atoms with Crippen LogP contribution in [0.5, 0.6) is 0 Å². The van der Waals surface area contributed by atoms with Gasteiger partial charge in [-0.3, -0.25) is 0 Å². The Hall–Kier alpha value is -5.83. The van der Waals surface area contributed by atoms with Gasteiger partial charge in [0.15, 0.2) is 0 Å². The Labute approximate surface area is 372 Å². The zero-order valence-electron chi connectivity index (χ0n) is 35.6. The van der Waals surface area contributed by atoms with Crippen LogP contribution in [0.2, 0.25) is 0 Å². The molecule has 62 heavy (non-hydrogen) atoms. The van der Waals surface area contributed by atoms with Crippen molar-refractivity contribution in [2.45, 2.75) is 80.2 Å². The van der Waals surface area contributed by atoms with E-state index in [-0.39, 0.29) is 11.5 Å². The molecular formula is C60H53NS. The summed E-state index contributed by atoms with van der Waals surface area (Å²) in [5, 5.41) is 0. The first-order valence-electron chi connectivity index (χ1n) is 23.2. The second-order valence-electron chi connectivity index (χ2n) is 18.4. The highest BCUT2D eigenvalue weighted by Gasteiger charge is 2.47. The third-order valence-electron chi connectivity index (χ3n) is 15.0. The number of allylic oxidation sites excluding steroid dienone is 12. The van der Waals surface area contributed by atoms with E-state index in [2.05, 4.69) is 200 Å². The van der Waals surface area contributed by atoms with Crippen LogP contribution < -0.4 is 4.90 Å². The lowest BCUT2D eigenvalue weighted by molar-refractivity contribution is 0.478. The van der Waals surface area contributed by atoms with Gasteiger partial charge in [-0.15, -0.1) is 0 Å². The molecule has 0 radical (unpaired) electrons. The number of aryl methyl sites for hydroxylation is 1. The molecule has 2 heteroatoms. The summed E-state index contributed by atoms with van der Waals surface area (Å²) in [5.74, 6) is 1.39. The van der Waals surface area contributed by atoms with E-state index in [1.54, 1.807) is 0 Å². The minimum Gasteiger partial charge on any atom is -0.358 e. The number of rotatable bonds is 7. The predicted octanol–water partition coefficient (Wildman–Crippen LogP) is 15.0. The Kier molecular flexibility index (Phi) is 9.48. The highest BCUT2D eigenvalue weighted by atomic mass is 32.2. The summed E-state index contributed by atoms with van der Waals surface area (Å²) in [6.07, 6.45) is 36.8. The average molecular weight is 820 g/mol. The molecule has 0 amide bonds. The van der Waals surface area contributed by atoms with Crippen LogP contribution in [0.15, 0.2) is 209 Å². The van der Waals surface area contributed by atoms with E-state index in [0.717, 1.165) is 38.5 Å². The van der Waals surface area contributed by atoms with Crippen molar-refractivity contribution in [1.29, 1.82) is 0 Å². The van der Waals surface area contributed by atoms with Crippen LogP contribution in [-0.2, 0) is 11.8 Å². The molecule has 0 saturated carbocycles. The molecule has 6 unspecified atom stereocenters. The van der Waals surface area contributed by atoms with E-state index in [0.29, 0.717) is 23.8 Å². The number of hydrogen-bond donors (Lipinski definition) is 0. The first kappa shape index (κ1) is 37.9. The number of nitrogens with zero attached hydrogens (tertiary/aromatic N) is 1. The molecule has 5 aromatic rings. The second kappa shape index (κ2) is 15.5. The van der Waals surface area contributed by atoms with Gasteiger partial charge in [0.2, 0.25) is 0 Å². The molecule has 0 N–H and O–H groups in total. The second-order valence-corrected chi connectivity index (χ2v) is 19.5. The largest absolute Gasteiger partial charge is 0.358 e. The lowest BCUT2D eigenvalue weighted by atomic mass is 9.56. The molecular weight excluding hydrogens is 767 g/mol. The van der Waals surface area contributed by atoms with Gasteiger partial charge in [-0.1, -0.05) is 189 Å². The van der Waals surface area contributed by atoms with Crippen LogP contribution >= 0.6 is 11.8 Å². The number of anilines is 1. The lowest BCUT2D eigenvalue weighted by Gasteiger charge is -2.45. The molecule has 0 spiro atoms. The van der Waals surface area contributed by atoms with Gasteiger partial charge >= 0.3 is 0 Å². The van der Waals surface area contributed by atoms with Gasteiger partial charge in [0.1, 0.15) is 0 Å². The fourth-order valence-corrected chi connectivity index (χ4v) is 13.4. The standard InChI is InChI=1S/C60H53NS/c1-40-38-45(41-14-4-2-5-15-41)30-37-56(40)61(49-35-36-52-51-21-9-11-25-57(51)62-58(52)39-49)48-33-28-43(29-34-48)42-26-31-47(32-27-42)60(46-18-6-3-7-19-46)54-23-10-8-20-50(54)53-22-12-16-44-17-13-24-55(60)59(44)53/h2,4-6,8-11,13-14,17-34,37-41,49,52,56H,3,7,12,15-16,35-36H2,1H3. The third-order valence-corrected chi connectivity index (χ3v) is 16.2. The monoisotopic (exact) mass is 819 g/mol. The molecule has 1 heterocycles. The summed E-state index contributed by atoms with van der Waals surface area (Å²) in [5.41, 5.74) is 17.7. The summed E-state index contributed by atoms with van der Waals surface area (Å²) < 4.78 is 0. The van der Waals surface area contributed by atoms with Gasteiger partial charge in [-0.05, 0) is 141 Å². The van der Waals surface area contributed by atoms with Crippen molar-refractivity contribution < 1.29 is 0 Å². The lowest BCUT2D eigenvalue weighted by Crippen LogP contribution is -2.46. The van der Waals surface area contributed by atoms with Crippen LogP contribution in [0.25, 0.3) is 16.7 Å². The molecule has 0 fully saturated rings. The Morgan fingerprint density at radius 2 is 1.50 bits per heavy atom. The maximum absolute atomic E-state index is 2.75. The van der Waals surface area contributed by atoms with Crippen molar-refractivity contribution in [1.82, 2.24) is 0 Å². The summed E-state index contributed by atoms with van der Waals surface area (Å²) in [6.45, 7) is 2.43. The Balaban J connectivity index is 0.908. The van der Waals surface area contributed by atoms with Crippen molar-refractivity contribution in [3.05, 3.63) is 243 Å². The van der Waals surface area contributed by atoms with Gasteiger partial charge in [0.05, 0.1) is 11.5 Å². The summed E-state index contributed by atoms with van der Waals surface area (Å²) in [4.78, 5) is 5.73. The van der Waals surface area contributed by atoms with E-state index in [1.807, 2.05) is 11.8 Å². The van der Waals surface area contributed by atoms with Gasteiger partial charge in [0, 0.05) is 28.5 Å². The number of hydrogen-bond acceptors (Lipinski definition) is 2. The molecule has 7 aliphatic rings. The Morgan fingerprint density at radius 3 is 2.32 bits per heavy atom. The zero-order chi connectivity index (χ0) is 41.2. The fourth-order valence-electron chi connectivity index (χ4n) is 12.1. The maximum atomic E-state index is 2.75. The molecule has 0 aromatic heterocycles. The van der Waals surface area contributed by atoms with Crippen molar-refractivity contribution in [2.75, 3.05) is 4.90 Å². The summed E-state index contributed by atoms with van der Waals surface area (Å²) >= 11 is 2.00. The predicted molar refractivity (Wildman–Crippen MR) is 262 cm³/mol. The van der Waals surface area contributed by atoms with E-state index >= 15 is 0 Å². The van der Waals surface area contributed by atoms with Gasteiger partial charge in [-0.2, -0.15) is 0 Å². The zero-order valence-corrected chi connectivity index (χ0v) is 36.4. The van der Waals surface area contributed by atoms with Gasteiger partial charge in [0.25, 0.3) is 0 Å². The molecule has 5 aromatic carbocycles. The Bertz CT molecular complexity index is 2840. The quantitative estimate of drug-likeness (QED) is 0.161. The Morgan fingerprint density at radius 1 is 0.677 bits per heavy atom. The number of benzene rings is 5. The van der Waals surface area contributed by atoms with E-state index in [1.165, 1.54) is 88.7 Å². The van der Waals surface area contributed by atoms with Crippen LogP contribution in [0.1, 0.15) is 90.3 Å². The third kappa shape index (κ3) is 6.12. The molecule has 0 saturated heterocycles. The topological polar surface area (TPSA) is 3.24 Å². The molecule has 1 aliphatic heterocycles. The van der Waals surface area contributed by atoms with Crippen LogP contribution in [0.4, 0.5) is 5.69 Å². The van der Waals surface area contributed by atoms with Crippen LogP contribution in [0, 0.1) is 11.8 Å². The molecule has 6 aliphatic carbocycles. The average Bonchev–Trinajstić information content (AvgIpc) is 3.71. The first-order chi connectivity index (χ1) is 30.6. The molecule has 0 bridgehead atoms. The molecule has 6 atom stereocenters. The first-order valence-corrected chi connectivity index (χ1v) is 24.0. The smallest absolute Gasteiger partial charge is 0.0710 e. The highest BCUT2D eigenvalue weighted by Crippen LogP contribution is 2.57. The van der Waals surface area contributed by atoms with Crippen molar-refractivity contribution in [2.24, 2.45) is 11.8 Å². The minimum atomic E-state index is -0.384.